The van der Waals surface area contributed by atoms with E-state index in [9.17, 15) is 4.79 Å². The summed E-state index contributed by atoms with van der Waals surface area (Å²) < 4.78 is 16.0. The third-order valence-electron chi connectivity index (χ3n) is 4.47. The molecule has 0 spiro atoms. The minimum atomic E-state index is -0.273. The fourth-order valence-corrected chi connectivity index (χ4v) is 3.73. The first-order valence-corrected chi connectivity index (χ1v) is 10.5. The lowest BCUT2D eigenvalue weighted by atomic mass is 10.2. The Morgan fingerprint density at radius 2 is 1.84 bits per heavy atom. The molecule has 162 valence electrons. The Morgan fingerprint density at radius 1 is 1.12 bits per heavy atom. The van der Waals surface area contributed by atoms with E-state index in [0.717, 1.165) is 11.3 Å². The zero-order valence-corrected chi connectivity index (χ0v) is 18.3. The van der Waals surface area contributed by atoms with Crippen LogP contribution in [0.15, 0.2) is 65.7 Å². The number of benzene rings is 2. The molecule has 2 aromatic carbocycles. The molecule has 4 aromatic rings. The van der Waals surface area contributed by atoms with Gasteiger partial charge in [0.15, 0.2) is 5.13 Å². The first-order chi connectivity index (χ1) is 15.6. The summed E-state index contributed by atoms with van der Waals surface area (Å²) in [7, 11) is 1.61. The van der Waals surface area contributed by atoms with E-state index in [2.05, 4.69) is 27.0 Å². The molecule has 32 heavy (non-hydrogen) atoms. The van der Waals surface area contributed by atoms with E-state index in [-0.39, 0.29) is 5.91 Å². The van der Waals surface area contributed by atoms with Crippen LogP contribution in [0.4, 0.5) is 5.13 Å². The summed E-state index contributed by atoms with van der Waals surface area (Å²) in [5.41, 5.74) is 1.98. The van der Waals surface area contributed by atoms with Crippen molar-refractivity contribution in [2.75, 3.05) is 19.0 Å². The van der Waals surface area contributed by atoms with Crippen molar-refractivity contribution < 1.29 is 18.8 Å². The lowest BCUT2D eigenvalue weighted by Crippen LogP contribution is -2.11. The Hall–Kier alpha value is -3.98. The first-order valence-electron chi connectivity index (χ1n) is 9.68. The zero-order valence-electron chi connectivity index (χ0n) is 17.5. The van der Waals surface area contributed by atoms with Crippen molar-refractivity contribution in [3.05, 3.63) is 72.4 Å². The Balaban J connectivity index is 1.47. The molecule has 0 aliphatic rings. The molecule has 0 radical (unpaired) electrons. The van der Waals surface area contributed by atoms with Crippen LogP contribution < -0.4 is 14.8 Å². The van der Waals surface area contributed by atoms with Crippen LogP contribution in [0.3, 0.4) is 0 Å². The maximum atomic E-state index is 12.6. The van der Waals surface area contributed by atoms with Gasteiger partial charge in [0.2, 0.25) is 5.82 Å². The van der Waals surface area contributed by atoms with Crippen molar-refractivity contribution in [2.24, 2.45) is 0 Å². The quantitative estimate of drug-likeness (QED) is 0.379. The van der Waals surface area contributed by atoms with Crippen LogP contribution in [-0.4, -0.2) is 34.7 Å². The van der Waals surface area contributed by atoms with E-state index < -0.39 is 0 Å². The van der Waals surface area contributed by atoms with Crippen molar-refractivity contribution in [3.8, 4) is 33.7 Å². The normalized spacial score (nSPS) is 10.6. The highest BCUT2D eigenvalue weighted by molar-refractivity contribution is 7.19. The topological polar surface area (TPSA) is 99.4 Å². The second-order valence-electron chi connectivity index (χ2n) is 6.66. The van der Waals surface area contributed by atoms with Crippen LogP contribution in [0.1, 0.15) is 16.1 Å². The molecule has 0 fully saturated rings. The van der Waals surface area contributed by atoms with E-state index in [4.69, 9.17) is 14.0 Å². The number of carbonyl (C=O) groups is 1. The van der Waals surface area contributed by atoms with Gasteiger partial charge in [0.1, 0.15) is 23.0 Å². The van der Waals surface area contributed by atoms with Gasteiger partial charge in [-0.1, -0.05) is 29.1 Å². The predicted octanol–water partition coefficient (Wildman–Crippen LogP) is 4.99. The Bertz CT molecular complexity index is 1230. The molecule has 0 unspecified atom stereocenters. The van der Waals surface area contributed by atoms with Gasteiger partial charge in [0.25, 0.3) is 11.8 Å². The van der Waals surface area contributed by atoms with Gasteiger partial charge in [-0.2, -0.15) is 4.98 Å². The van der Waals surface area contributed by atoms with Crippen molar-refractivity contribution in [2.45, 2.75) is 6.92 Å². The number of carbonyl (C=O) groups excluding carboxylic acids is 1. The summed E-state index contributed by atoms with van der Waals surface area (Å²) in [6.07, 6.45) is 1.66. The molecule has 8 nitrogen and oxygen atoms in total. The summed E-state index contributed by atoms with van der Waals surface area (Å²) in [5, 5.41) is 7.31. The lowest BCUT2D eigenvalue weighted by molar-refractivity contribution is 0.102. The molecular formula is C23H20N4O4S. The number of thiazole rings is 1. The Morgan fingerprint density at radius 3 is 2.53 bits per heavy atom. The molecule has 0 bridgehead atoms. The highest BCUT2D eigenvalue weighted by atomic mass is 32.1. The monoisotopic (exact) mass is 448 g/mol. The van der Waals surface area contributed by atoms with Gasteiger partial charge in [0, 0.05) is 11.1 Å². The fourth-order valence-electron chi connectivity index (χ4n) is 2.85. The maximum Gasteiger partial charge on any atom is 0.270 e. The first kappa shape index (κ1) is 21.3. The molecule has 4 rings (SSSR count). The minimum absolute atomic E-state index is 0.273. The van der Waals surface area contributed by atoms with E-state index in [0.29, 0.717) is 45.3 Å². The van der Waals surface area contributed by atoms with Crippen molar-refractivity contribution in [1.29, 1.82) is 0 Å². The number of methoxy groups -OCH3 is 1. The molecule has 2 aromatic heterocycles. The number of nitrogens with zero attached hydrogens (tertiary/aromatic N) is 3. The standard InChI is InChI=1S/C23H20N4O4S/c1-4-13-30-18-11-7-16(8-12-18)21(28)26-23-24-14(2)19(32-23)22-25-20(27-31-22)15-5-9-17(29-3)10-6-15/h4-12H,1,13H2,2-3H3,(H,24,26,28). The van der Waals surface area contributed by atoms with Gasteiger partial charge < -0.3 is 14.0 Å². The number of ether oxygens (including phenoxy) is 2. The largest absolute Gasteiger partial charge is 0.497 e. The van der Waals surface area contributed by atoms with Crippen LogP contribution in [-0.2, 0) is 0 Å². The molecule has 0 aliphatic heterocycles. The third kappa shape index (κ3) is 4.68. The van der Waals surface area contributed by atoms with Gasteiger partial charge in [-0.3, -0.25) is 10.1 Å². The number of hydrogen-bond acceptors (Lipinski definition) is 8. The number of anilines is 1. The molecule has 1 amide bonds. The van der Waals surface area contributed by atoms with Crippen LogP contribution in [0.2, 0.25) is 0 Å². The van der Waals surface area contributed by atoms with Gasteiger partial charge in [-0.05, 0) is 55.5 Å². The van der Waals surface area contributed by atoms with E-state index >= 15 is 0 Å². The Kier molecular flexibility index (Phi) is 6.27. The van der Waals surface area contributed by atoms with E-state index in [1.54, 1.807) is 37.5 Å². The smallest absolute Gasteiger partial charge is 0.270 e. The molecule has 0 atom stereocenters. The molecule has 0 saturated heterocycles. The number of aromatic nitrogens is 3. The van der Waals surface area contributed by atoms with Crippen molar-refractivity contribution >= 4 is 22.4 Å². The van der Waals surface area contributed by atoms with E-state index in [1.165, 1.54) is 11.3 Å². The number of rotatable bonds is 8. The van der Waals surface area contributed by atoms with Gasteiger partial charge in [-0.25, -0.2) is 4.98 Å². The average Bonchev–Trinajstić information content (AvgIpc) is 3.44. The van der Waals surface area contributed by atoms with Crippen LogP contribution in [0, 0.1) is 6.92 Å². The van der Waals surface area contributed by atoms with Crippen molar-refractivity contribution in [1.82, 2.24) is 15.1 Å². The number of nitrogens with one attached hydrogen (secondary N) is 1. The van der Waals surface area contributed by atoms with Crippen molar-refractivity contribution in [3.63, 3.8) is 0 Å². The highest BCUT2D eigenvalue weighted by Crippen LogP contribution is 2.33. The maximum absolute atomic E-state index is 12.6. The molecule has 0 saturated carbocycles. The average molecular weight is 449 g/mol. The number of aryl methyl sites for hydroxylation is 1. The lowest BCUT2D eigenvalue weighted by Gasteiger charge is -2.05. The van der Waals surface area contributed by atoms with Crippen LogP contribution in [0.25, 0.3) is 22.2 Å². The van der Waals surface area contributed by atoms with E-state index in [1.807, 2.05) is 31.2 Å². The van der Waals surface area contributed by atoms with Gasteiger partial charge in [-0.15, -0.1) is 0 Å². The summed E-state index contributed by atoms with van der Waals surface area (Å²) in [5.74, 6) is 1.94. The Labute approximate surface area is 188 Å². The summed E-state index contributed by atoms with van der Waals surface area (Å²) in [6.45, 7) is 5.84. The second kappa shape index (κ2) is 9.44. The third-order valence-corrected chi connectivity index (χ3v) is 5.53. The van der Waals surface area contributed by atoms with Gasteiger partial charge >= 0.3 is 0 Å². The second-order valence-corrected chi connectivity index (χ2v) is 7.66. The highest BCUT2D eigenvalue weighted by Gasteiger charge is 2.19. The summed E-state index contributed by atoms with van der Waals surface area (Å²) in [4.78, 5) is 22.2. The van der Waals surface area contributed by atoms with Gasteiger partial charge in [0.05, 0.1) is 12.8 Å². The predicted molar refractivity (Wildman–Crippen MR) is 122 cm³/mol. The molecule has 0 aliphatic carbocycles. The minimum Gasteiger partial charge on any atom is -0.497 e. The molecule has 2 heterocycles. The van der Waals surface area contributed by atoms with Crippen LogP contribution >= 0.6 is 11.3 Å². The number of amides is 1. The summed E-state index contributed by atoms with van der Waals surface area (Å²) in [6, 6.07) is 14.2. The summed E-state index contributed by atoms with van der Waals surface area (Å²) >= 11 is 1.27. The SMILES string of the molecule is C=CCOc1ccc(C(=O)Nc2nc(C)c(-c3nc(-c4ccc(OC)cc4)no3)s2)cc1. The fraction of sp³-hybridized carbons (Fsp3) is 0.130. The number of hydrogen-bond donors (Lipinski definition) is 1. The molecule has 1 N–H and O–H groups in total. The zero-order chi connectivity index (χ0) is 22.5. The van der Waals surface area contributed by atoms with Crippen LogP contribution in [0.5, 0.6) is 11.5 Å². The molecular weight excluding hydrogens is 428 g/mol. The molecule has 9 heteroatoms.